The lowest BCUT2D eigenvalue weighted by Gasteiger charge is -2.27. The molecular formula is C16H17F2N. The maximum Gasteiger partial charge on any atom is 0.128 e. The van der Waals surface area contributed by atoms with E-state index in [1.54, 1.807) is 38.1 Å². The highest BCUT2D eigenvalue weighted by atomic mass is 19.1. The molecule has 0 aliphatic heterocycles. The number of halogens is 2. The van der Waals surface area contributed by atoms with Gasteiger partial charge in [0.05, 0.1) is 5.54 Å². The molecule has 2 aromatic carbocycles. The van der Waals surface area contributed by atoms with Crippen LogP contribution in [0.3, 0.4) is 0 Å². The summed E-state index contributed by atoms with van der Waals surface area (Å²) < 4.78 is 27.6. The van der Waals surface area contributed by atoms with Gasteiger partial charge in [0, 0.05) is 5.56 Å². The van der Waals surface area contributed by atoms with Crippen LogP contribution < -0.4 is 5.73 Å². The van der Waals surface area contributed by atoms with Crippen LogP contribution >= 0.6 is 0 Å². The van der Waals surface area contributed by atoms with Crippen LogP contribution in [0.2, 0.25) is 0 Å². The van der Waals surface area contributed by atoms with E-state index in [1.807, 2.05) is 6.92 Å². The highest BCUT2D eigenvalue weighted by molar-refractivity contribution is 5.40. The van der Waals surface area contributed by atoms with Crippen molar-refractivity contribution in [2.75, 3.05) is 0 Å². The molecule has 1 unspecified atom stereocenters. The van der Waals surface area contributed by atoms with E-state index < -0.39 is 5.54 Å². The average Bonchev–Trinajstić information content (AvgIpc) is 2.35. The zero-order chi connectivity index (χ0) is 14.2. The van der Waals surface area contributed by atoms with E-state index in [2.05, 4.69) is 0 Å². The first-order chi connectivity index (χ1) is 8.82. The predicted octanol–water partition coefficient (Wildman–Crippen LogP) is 3.80. The van der Waals surface area contributed by atoms with Gasteiger partial charge in [-0.1, -0.05) is 29.8 Å². The molecule has 0 aliphatic rings. The molecule has 1 atom stereocenters. The van der Waals surface area contributed by atoms with Crippen LogP contribution in [0.15, 0.2) is 36.4 Å². The van der Waals surface area contributed by atoms with Crippen molar-refractivity contribution in [3.63, 3.8) is 0 Å². The van der Waals surface area contributed by atoms with Crippen molar-refractivity contribution in [3.8, 4) is 0 Å². The standard InChI is InChI=1S/C16H17F2N/c1-10-4-7-14(17)13(8-10)16(3,19)12-6-5-11(2)15(18)9-12/h4-9H,19H2,1-3H3. The van der Waals surface area contributed by atoms with E-state index in [0.717, 1.165) is 5.56 Å². The van der Waals surface area contributed by atoms with Gasteiger partial charge < -0.3 is 5.73 Å². The summed E-state index contributed by atoms with van der Waals surface area (Å²) in [4.78, 5) is 0. The highest BCUT2D eigenvalue weighted by Gasteiger charge is 2.27. The van der Waals surface area contributed by atoms with Gasteiger partial charge in [0.15, 0.2) is 0 Å². The van der Waals surface area contributed by atoms with Gasteiger partial charge in [-0.15, -0.1) is 0 Å². The Bertz CT molecular complexity index is 618. The fourth-order valence-corrected chi connectivity index (χ4v) is 2.11. The molecule has 100 valence electrons. The first-order valence-corrected chi connectivity index (χ1v) is 6.14. The molecule has 0 saturated carbocycles. The van der Waals surface area contributed by atoms with Gasteiger partial charge in [0.25, 0.3) is 0 Å². The molecular weight excluding hydrogens is 244 g/mol. The van der Waals surface area contributed by atoms with Gasteiger partial charge in [-0.2, -0.15) is 0 Å². The third kappa shape index (κ3) is 2.51. The molecule has 0 radical (unpaired) electrons. The average molecular weight is 261 g/mol. The summed E-state index contributed by atoms with van der Waals surface area (Å²) in [5, 5.41) is 0. The Kier molecular flexibility index (Phi) is 3.42. The summed E-state index contributed by atoms with van der Waals surface area (Å²) in [5.74, 6) is -0.709. The van der Waals surface area contributed by atoms with E-state index in [-0.39, 0.29) is 11.6 Å². The number of benzene rings is 2. The number of nitrogens with two attached hydrogens (primary N) is 1. The van der Waals surface area contributed by atoms with Crippen molar-refractivity contribution < 1.29 is 8.78 Å². The minimum atomic E-state index is -1.06. The molecule has 2 aromatic rings. The Morgan fingerprint density at radius 1 is 0.947 bits per heavy atom. The van der Waals surface area contributed by atoms with Crippen LogP contribution in [0.4, 0.5) is 8.78 Å². The summed E-state index contributed by atoms with van der Waals surface area (Å²) >= 11 is 0. The lowest BCUT2D eigenvalue weighted by atomic mass is 9.84. The minimum Gasteiger partial charge on any atom is -0.318 e. The second-order valence-corrected chi connectivity index (χ2v) is 5.15. The summed E-state index contributed by atoms with van der Waals surface area (Å²) in [6, 6.07) is 9.54. The van der Waals surface area contributed by atoms with Gasteiger partial charge in [0.2, 0.25) is 0 Å². The van der Waals surface area contributed by atoms with Gasteiger partial charge in [-0.25, -0.2) is 8.78 Å². The Morgan fingerprint density at radius 2 is 1.63 bits per heavy atom. The van der Waals surface area contributed by atoms with Crippen LogP contribution in [-0.2, 0) is 5.54 Å². The van der Waals surface area contributed by atoms with Crippen molar-refractivity contribution in [2.24, 2.45) is 5.73 Å². The first kappa shape index (κ1) is 13.7. The molecule has 0 saturated heterocycles. The van der Waals surface area contributed by atoms with Gasteiger partial charge in [-0.05, 0) is 44.0 Å². The largest absolute Gasteiger partial charge is 0.318 e. The molecule has 19 heavy (non-hydrogen) atoms. The molecule has 0 heterocycles. The van der Waals surface area contributed by atoms with Crippen molar-refractivity contribution in [1.29, 1.82) is 0 Å². The number of rotatable bonds is 2. The number of hydrogen-bond donors (Lipinski definition) is 1. The monoisotopic (exact) mass is 261 g/mol. The molecule has 0 bridgehead atoms. The zero-order valence-electron chi connectivity index (χ0n) is 11.3. The van der Waals surface area contributed by atoms with E-state index in [0.29, 0.717) is 16.7 Å². The topological polar surface area (TPSA) is 26.0 Å². The second-order valence-electron chi connectivity index (χ2n) is 5.15. The summed E-state index contributed by atoms with van der Waals surface area (Å²) in [7, 11) is 0. The molecule has 2 rings (SSSR count). The smallest absolute Gasteiger partial charge is 0.128 e. The van der Waals surface area contributed by atoms with Crippen LogP contribution in [0.1, 0.15) is 29.2 Å². The molecule has 0 aliphatic carbocycles. The fraction of sp³-hybridized carbons (Fsp3) is 0.250. The number of aryl methyl sites for hydroxylation is 2. The van der Waals surface area contributed by atoms with Gasteiger partial charge in [0.1, 0.15) is 11.6 Å². The third-order valence-electron chi connectivity index (χ3n) is 3.45. The normalized spacial score (nSPS) is 14.2. The maximum absolute atomic E-state index is 14.0. The Morgan fingerprint density at radius 3 is 2.26 bits per heavy atom. The van der Waals surface area contributed by atoms with Crippen molar-refractivity contribution >= 4 is 0 Å². The van der Waals surface area contributed by atoms with Crippen molar-refractivity contribution in [2.45, 2.75) is 26.3 Å². The lowest BCUT2D eigenvalue weighted by Crippen LogP contribution is -2.35. The summed E-state index contributed by atoms with van der Waals surface area (Å²) in [6.45, 7) is 5.24. The molecule has 0 aromatic heterocycles. The Hall–Kier alpha value is -1.74. The Balaban J connectivity index is 2.57. The lowest BCUT2D eigenvalue weighted by molar-refractivity contribution is 0.524. The maximum atomic E-state index is 14.0. The molecule has 2 N–H and O–H groups in total. The van der Waals surface area contributed by atoms with Crippen molar-refractivity contribution in [1.82, 2.24) is 0 Å². The van der Waals surface area contributed by atoms with Gasteiger partial charge in [-0.3, -0.25) is 0 Å². The van der Waals surface area contributed by atoms with Crippen LogP contribution in [0, 0.1) is 25.5 Å². The van der Waals surface area contributed by atoms with Crippen molar-refractivity contribution in [3.05, 3.63) is 70.3 Å². The molecule has 3 heteroatoms. The fourth-order valence-electron chi connectivity index (χ4n) is 2.11. The molecule has 0 amide bonds. The minimum absolute atomic E-state index is 0.331. The van der Waals surface area contributed by atoms with E-state index in [1.165, 1.54) is 12.1 Å². The molecule has 0 spiro atoms. The van der Waals surface area contributed by atoms with E-state index >= 15 is 0 Å². The first-order valence-electron chi connectivity index (χ1n) is 6.14. The van der Waals surface area contributed by atoms with Gasteiger partial charge >= 0.3 is 0 Å². The summed E-state index contributed by atoms with van der Waals surface area (Å²) in [6.07, 6.45) is 0. The summed E-state index contributed by atoms with van der Waals surface area (Å²) in [5.41, 5.74) is 7.57. The van der Waals surface area contributed by atoms with Crippen LogP contribution in [-0.4, -0.2) is 0 Å². The van der Waals surface area contributed by atoms with E-state index in [9.17, 15) is 8.78 Å². The predicted molar refractivity (Wildman–Crippen MR) is 72.9 cm³/mol. The van der Waals surface area contributed by atoms with E-state index in [4.69, 9.17) is 5.73 Å². The molecule has 0 fully saturated rings. The Labute approximate surface area is 112 Å². The van der Waals surface area contributed by atoms with Crippen LogP contribution in [0.5, 0.6) is 0 Å². The third-order valence-corrected chi connectivity index (χ3v) is 3.45. The van der Waals surface area contributed by atoms with Crippen LogP contribution in [0.25, 0.3) is 0 Å². The molecule has 1 nitrogen and oxygen atoms in total. The zero-order valence-corrected chi connectivity index (χ0v) is 11.3. The highest BCUT2D eigenvalue weighted by Crippen LogP contribution is 2.30. The quantitative estimate of drug-likeness (QED) is 0.874. The number of hydrogen-bond acceptors (Lipinski definition) is 1. The SMILES string of the molecule is Cc1ccc(F)c(C(C)(N)c2ccc(C)c(F)c2)c1. The second kappa shape index (κ2) is 4.74.